The zero-order valence-corrected chi connectivity index (χ0v) is 17.1. The van der Waals surface area contributed by atoms with E-state index in [2.05, 4.69) is 15.3 Å². The summed E-state index contributed by atoms with van der Waals surface area (Å²) in [5, 5.41) is 2.83. The number of H-pyrrole nitrogens is 1. The van der Waals surface area contributed by atoms with E-state index < -0.39 is 6.04 Å². The Labute approximate surface area is 172 Å². The molecule has 0 spiro atoms. The Hall–Kier alpha value is -2.65. The molecule has 146 valence electrons. The number of carbonyl (C=O) groups is 2. The van der Waals surface area contributed by atoms with Gasteiger partial charge in [-0.05, 0) is 30.7 Å². The van der Waals surface area contributed by atoms with Crippen LogP contribution >= 0.6 is 24.0 Å². The van der Waals surface area contributed by atoms with Crippen molar-refractivity contribution in [1.29, 1.82) is 0 Å². The van der Waals surface area contributed by atoms with Gasteiger partial charge in [0.1, 0.15) is 16.1 Å². The Morgan fingerprint density at radius 3 is 3.04 bits per heavy atom. The molecule has 7 nitrogen and oxygen atoms in total. The van der Waals surface area contributed by atoms with Crippen molar-refractivity contribution in [3.05, 3.63) is 53.0 Å². The molecule has 2 heterocycles. The van der Waals surface area contributed by atoms with Crippen LogP contribution in [0.25, 0.3) is 6.08 Å². The van der Waals surface area contributed by atoms with Gasteiger partial charge in [-0.1, -0.05) is 36.1 Å². The van der Waals surface area contributed by atoms with Gasteiger partial charge >= 0.3 is 0 Å². The third-order valence-corrected chi connectivity index (χ3v) is 5.56. The summed E-state index contributed by atoms with van der Waals surface area (Å²) in [6, 6.07) is 6.70. The van der Waals surface area contributed by atoms with Crippen molar-refractivity contribution in [3.8, 4) is 5.75 Å². The number of hydrogen-bond acceptors (Lipinski definition) is 6. The topological polar surface area (TPSA) is 87.3 Å². The number of carbonyl (C=O) groups excluding carboxylic acids is 2. The maximum atomic E-state index is 12.8. The Morgan fingerprint density at radius 1 is 1.50 bits per heavy atom. The van der Waals surface area contributed by atoms with Crippen LogP contribution in [0, 0.1) is 0 Å². The Balaban J connectivity index is 1.64. The van der Waals surface area contributed by atoms with Crippen LogP contribution in [-0.4, -0.2) is 50.7 Å². The lowest BCUT2D eigenvalue weighted by Gasteiger charge is -2.22. The van der Waals surface area contributed by atoms with E-state index in [-0.39, 0.29) is 11.8 Å². The number of benzene rings is 1. The number of nitrogens with one attached hydrogen (secondary N) is 2. The van der Waals surface area contributed by atoms with Crippen LogP contribution in [0.1, 0.15) is 18.2 Å². The fourth-order valence-corrected chi connectivity index (χ4v) is 4.12. The number of aromatic nitrogens is 2. The van der Waals surface area contributed by atoms with Gasteiger partial charge in [-0.25, -0.2) is 4.98 Å². The highest BCUT2D eigenvalue weighted by Gasteiger charge is 2.38. The molecule has 1 fully saturated rings. The molecule has 1 aromatic carbocycles. The van der Waals surface area contributed by atoms with Gasteiger partial charge in [0.05, 0.1) is 18.3 Å². The van der Waals surface area contributed by atoms with Gasteiger partial charge in [0.2, 0.25) is 5.91 Å². The molecule has 1 aromatic heterocycles. The molecule has 0 saturated carbocycles. The molecular weight excluding hydrogens is 396 g/mol. The summed E-state index contributed by atoms with van der Waals surface area (Å²) < 4.78 is 5.58. The van der Waals surface area contributed by atoms with E-state index in [1.807, 2.05) is 24.3 Å². The minimum absolute atomic E-state index is 0.251. The number of methoxy groups -OCH3 is 1. The van der Waals surface area contributed by atoms with Crippen molar-refractivity contribution in [3.63, 3.8) is 0 Å². The first-order valence-electron chi connectivity index (χ1n) is 8.65. The first-order valence-corrected chi connectivity index (χ1v) is 9.88. The molecule has 3 rings (SSSR count). The smallest absolute Gasteiger partial charge is 0.266 e. The molecule has 1 aliphatic heterocycles. The Kier molecular flexibility index (Phi) is 6.48. The Morgan fingerprint density at radius 2 is 2.32 bits per heavy atom. The fraction of sp³-hybridized carbons (Fsp3) is 0.263. The number of imidazole rings is 1. The first kappa shape index (κ1) is 20.1. The summed E-state index contributed by atoms with van der Waals surface area (Å²) in [6.07, 6.45) is 5.69. The highest BCUT2D eigenvalue weighted by molar-refractivity contribution is 8.26. The number of aromatic amines is 1. The van der Waals surface area contributed by atoms with E-state index >= 15 is 0 Å². The van der Waals surface area contributed by atoms with E-state index in [9.17, 15) is 9.59 Å². The van der Waals surface area contributed by atoms with Gasteiger partial charge in [0, 0.05) is 24.9 Å². The second kappa shape index (κ2) is 9.03. The van der Waals surface area contributed by atoms with Crippen LogP contribution in [0.3, 0.4) is 0 Å². The summed E-state index contributed by atoms with van der Waals surface area (Å²) in [6.45, 7) is 2.12. The SMILES string of the molecule is COc1cccc(/C=C2\SC(=S)N([C@H](C)C(=O)NCCc3cnc[nH]3)C2=O)c1. The van der Waals surface area contributed by atoms with Gasteiger partial charge in [-0.2, -0.15) is 0 Å². The first-order chi connectivity index (χ1) is 13.5. The van der Waals surface area contributed by atoms with Gasteiger partial charge < -0.3 is 15.0 Å². The maximum Gasteiger partial charge on any atom is 0.266 e. The van der Waals surface area contributed by atoms with E-state index in [4.69, 9.17) is 17.0 Å². The minimum atomic E-state index is -0.689. The molecule has 1 aliphatic rings. The maximum absolute atomic E-state index is 12.8. The lowest BCUT2D eigenvalue weighted by atomic mass is 10.2. The Bertz CT molecular complexity index is 912. The summed E-state index contributed by atoms with van der Waals surface area (Å²) >= 11 is 6.53. The fourth-order valence-electron chi connectivity index (χ4n) is 2.70. The largest absolute Gasteiger partial charge is 0.497 e. The van der Waals surface area contributed by atoms with E-state index in [1.54, 1.807) is 32.6 Å². The monoisotopic (exact) mass is 416 g/mol. The van der Waals surface area contributed by atoms with Crippen LogP contribution < -0.4 is 10.1 Å². The second-order valence-electron chi connectivity index (χ2n) is 6.12. The molecule has 0 unspecified atom stereocenters. The third kappa shape index (κ3) is 4.60. The standard InChI is InChI=1S/C19H20N4O3S2/c1-12(17(24)21-7-6-14-10-20-11-22-14)23-18(25)16(28-19(23)27)9-13-4-3-5-15(8-13)26-2/h3-5,8-12H,6-7H2,1-2H3,(H,20,22)(H,21,24)/b16-9-/t12-/m1/s1. The highest BCUT2D eigenvalue weighted by Crippen LogP contribution is 2.34. The predicted molar refractivity (Wildman–Crippen MR) is 113 cm³/mol. The van der Waals surface area contributed by atoms with Crippen molar-refractivity contribution in [2.75, 3.05) is 13.7 Å². The minimum Gasteiger partial charge on any atom is -0.497 e. The summed E-state index contributed by atoms with van der Waals surface area (Å²) in [5.74, 6) is 0.182. The normalized spacial score (nSPS) is 16.5. The number of thioether (sulfide) groups is 1. The van der Waals surface area contributed by atoms with Crippen molar-refractivity contribution < 1.29 is 14.3 Å². The number of rotatable bonds is 7. The summed E-state index contributed by atoms with van der Waals surface area (Å²) in [5.41, 5.74) is 1.76. The van der Waals surface area contributed by atoms with Crippen LogP contribution in [0.2, 0.25) is 0 Å². The van der Waals surface area contributed by atoms with E-state index in [1.165, 1.54) is 16.7 Å². The average molecular weight is 417 g/mol. The van der Waals surface area contributed by atoms with Gasteiger partial charge in [-0.3, -0.25) is 14.5 Å². The molecule has 2 amide bonds. The molecular formula is C19H20N4O3S2. The lowest BCUT2D eigenvalue weighted by molar-refractivity contribution is -0.132. The molecule has 0 radical (unpaired) electrons. The van der Waals surface area contributed by atoms with Crippen molar-refractivity contribution in [2.45, 2.75) is 19.4 Å². The predicted octanol–water partition coefficient (Wildman–Crippen LogP) is 2.37. The second-order valence-corrected chi connectivity index (χ2v) is 7.80. The van der Waals surface area contributed by atoms with Crippen LogP contribution in [0.4, 0.5) is 0 Å². The molecule has 2 aromatic rings. The van der Waals surface area contributed by atoms with Crippen molar-refractivity contribution in [2.24, 2.45) is 0 Å². The summed E-state index contributed by atoms with van der Waals surface area (Å²) in [7, 11) is 1.59. The molecule has 1 atom stereocenters. The quantitative estimate of drug-likeness (QED) is 0.532. The zero-order chi connectivity index (χ0) is 20.1. The van der Waals surface area contributed by atoms with Crippen molar-refractivity contribution in [1.82, 2.24) is 20.2 Å². The highest BCUT2D eigenvalue weighted by atomic mass is 32.2. The third-order valence-electron chi connectivity index (χ3n) is 4.23. The molecule has 9 heteroatoms. The van der Waals surface area contributed by atoms with Crippen LogP contribution in [0.15, 0.2) is 41.7 Å². The van der Waals surface area contributed by atoms with Crippen LogP contribution in [-0.2, 0) is 16.0 Å². The number of thiocarbonyl (C=S) groups is 1. The molecule has 2 N–H and O–H groups in total. The van der Waals surface area contributed by atoms with E-state index in [0.29, 0.717) is 27.9 Å². The zero-order valence-electron chi connectivity index (χ0n) is 15.5. The number of nitrogens with zero attached hydrogens (tertiary/aromatic N) is 2. The average Bonchev–Trinajstić information content (AvgIpc) is 3.29. The van der Waals surface area contributed by atoms with E-state index in [0.717, 1.165) is 11.3 Å². The number of hydrogen-bond donors (Lipinski definition) is 2. The molecule has 1 saturated heterocycles. The number of ether oxygens (including phenoxy) is 1. The molecule has 0 bridgehead atoms. The molecule has 28 heavy (non-hydrogen) atoms. The van der Waals surface area contributed by atoms with Crippen LogP contribution in [0.5, 0.6) is 5.75 Å². The van der Waals surface area contributed by atoms with Gasteiger partial charge in [-0.15, -0.1) is 0 Å². The molecule has 0 aliphatic carbocycles. The summed E-state index contributed by atoms with van der Waals surface area (Å²) in [4.78, 5) is 34.0. The van der Waals surface area contributed by atoms with Gasteiger partial charge in [0.15, 0.2) is 0 Å². The number of amides is 2. The van der Waals surface area contributed by atoms with Crippen molar-refractivity contribution >= 4 is 46.2 Å². The van der Waals surface area contributed by atoms with Gasteiger partial charge in [0.25, 0.3) is 5.91 Å². The lowest BCUT2D eigenvalue weighted by Crippen LogP contribution is -2.47.